The molecule has 0 saturated carbocycles. The average Bonchev–Trinajstić information content (AvgIpc) is 2.34. The van der Waals surface area contributed by atoms with Crippen LogP contribution in [0.2, 0.25) is 0 Å². The molecule has 20 heavy (non-hydrogen) atoms. The van der Waals surface area contributed by atoms with Gasteiger partial charge in [0.1, 0.15) is 0 Å². The maximum Gasteiger partial charge on any atom is 0.441 e. The molecule has 0 aliphatic carbocycles. The number of nitrogen functional groups attached to an aromatic ring is 1. The SMILES string of the molecule is Nc1ccc2nc(NCCSC(F)(F)F)[nH]c(=O)c2c1. The minimum atomic E-state index is -4.26. The molecule has 0 aliphatic heterocycles. The number of H-pyrrole nitrogens is 1. The van der Waals surface area contributed by atoms with E-state index in [9.17, 15) is 18.0 Å². The Hall–Kier alpha value is -1.90. The van der Waals surface area contributed by atoms with Gasteiger partial charge in [-0.2, -0.15) is 13.2 Å². The Morgan fingerprint density at radius 1 is 1.40 bits per heavy atom. The summed E-state index contributed by atoms with van der Waals surface area (Å²) in [6.45, 7) is 0.0353. The zero-order valence-corrected chi connectivity index (χ0v) is 10.9. The summed E-state index contributed by atoms with van der Waals surface area (Å²) in [6, 6.07) is 4.66. The van der Waals surface area contributed by atoms with Gasteiger partial charge in [-0.1, -0.05) is 0 Å². The van der Waals surface area contributed by atoms with Gasteiger partial charge in [-0.05, 0) is 30.0 Å². The van der Waals surface area contributed by atoms with Crippen LogP contribution in [0, 0.1) is 0 Å². The Bertz CT molecular complexity index is 671. The van der Waals surface area contributed by atoms with Crippen molar-refractivity contribution < 1.29 is 13.2 Å². The zero-order chi connectivity index (χ0) is 14.8. The van der Waals surface area contributed by atoms with E-state index in [0.29, 0.717) is 16.6 Å². The van der Waals surface area contributed by atoms with Crippen molar-refractivity contribution in [1.82, 2.24) is 9.97 Å². The first-order chi connectivity index (χ1) is 9.35. The lowest BCUT2D eigenvalue weighted by Gasteiger charge is -2.08. The summed E-state index contributed by atoms with van der Waals surface area (Å²) < 4.78 is 35.8. The number of anilines is 2. The molecule has 2 rings (SSSR count). The number of hydrogen-bond acceptors (Lipinski definition) is 5. The number of thioether (sulfide) groups is 1. The molecule has 0 spiro atoms. The summed E-state index contributed by atoms with van der Waals surface area (Å²) in [7, 11) is 0. The van der Waals surface area contributed by atoms with Gasteiger partial charge < -0.3 is 11.1 Å². The first-order valence-corrected chi connectivity index (χ1v) is 6.58. The topological polar surface area (TPSA) is 83.8 Å². The molecule has 0 amide bonds. The molecule has 4 N–H and O–H groups in total. The Balaban J connectivity index is 2.08. The number of halogens is 3. The van der Waals surface area contributed by atoms with Crippen LogP contribution in [0.25, 0.3) is 10.9 Å². The first kappa shape index (κ1) is 14.5. The molecular formula is C11H11F3N4OS. The number of rotatable bonds is 4. The number of nitrogens with one attached hydrogen (secondary N) is 2. The number of hydrogen-bond donors (Lipinski definition) is 3. The van der Waals surface area contributed by atoms with E-state index in [-0.39, 0.29) is 30.0 Å². The zero-order valence-electron chi connectivity index (χ0n) is 10.1. The fraction of sp³-hybridized carbons (Fsp3) is 0.273. The van der Waals surface area contributed by atoms with Gasteiger partial charge in [0.15, 0.2) is 0 Å². The van der Waals surface area contributed by atoms with E-state index in [1.165, 1.54) is 6.07 Å². The number of aromatic nitrogens is 2. The Labute approximate surface area is 115 Å². The highest BCUT2D eigenvalue weighted by atomic mass is 32.2. The summed E-state index contributed by atoms with van der Waals surface area (Å²) >= 11 is -0.136. The molecule has 2 aromatic rings. The molecule has 0 atom stereocenters. The van der Waals surface area contributed by atoms with E-state index < -0.39 is 11.1 Å². The molecule has 0 radical (unpaired) electrons. The maximum atomic E-state index is 11.9. The van der Waals surface area contributed by atoms with Gasteiger partial charge >= 0.3 is 5.51 Å². The second kappa shape index (κ2) is 5.61. The molecule has 9 heteroatoms. The van der Waals surface area contributed by atoms with Crippen LogP contribution in [0.4, 0.5) is 24.8 Å². The van der Waals surface area contributed by atoms with E-state index in [1.807, 2.05) is 0 Å². The van der Waals surface area contributed by atoms with Crippen molar-refractivity contribution in [1.29, 1.82) is 0 Å². The number of nitrogens with zero attached hydrogens (tertiary/aromatic N) is 1. The van der Waals surface area contributed by atoms with Crippen LogP contribution in [0.3, 0.4) is 0 Å². The van der Waals surface area contributed by atoms with Gasteiger partial charge in [0.25, 0.3) is 5.56 Å². The van der Waals surface area contributed by atoms with Crippen molar-refractivity contribution >= 4 is 34.3 Å². The van der Waals surface area contributed by atoms with E-state index in [0.717, 1.165) is 0 Å². The predicted molar refractivity (Wildman–Crippen MR) is 73.8 cm³/mol. The lowest BCUT2D eigenvalue weighted by atomic mass is 10.2. The molecule has 0 aliphatic rings. The van der Waals surface area contributed by atoms with Crippen molar-refractivity contribution in [2.45, 2.75) is 5.51 Å². The third-order valence-electron chi connectivity index (χ3n) is 2.39. The second-order valence-electron chi connectivity index (χ2n) is 3.91. The first-order valence-electron chi connectivity index (χ1n) is 5.59. The normalized spacial score (nSPS) is 11.8. The minimum absolute atomic E-state index is 0.0353. The highest BCUT2D eigenvalue weighted by Gasteiger charge is 2.27. The fourth-order valence-electron chi connectivity index (χ4n) is 1.58. The van der Waals surface area contributed by atoms with Crippen LogP contribution in [0.15, 0.2) is 23.0 Å². The molecule has 108 valence electrons. The number of aromatic amines is 1. The summed E-state index contributed by atoms with van der Waals surface area (Å²) in [5, 5.41) is 2.98. The minimum Gasteiger partial charge on any atom is -0.399 e. The molecule has 0 unspecified atom stereocenters. The Morgan fingerprint density at radius 2 is 2.15 bits per heavy atom. The van der Waals surface area contributed by atoms with Crippen molar-refractivity contribution in [2.24, 2.45) is 0 Å². The van der Waals surface area contributed by atoms with E-state index in [4.69, 9.17) is 5.73 Å². The van der Waals surface area contributed by atoms with Crippen molar-refractivity contribution in [3.63, 3.8) is 0 Å². The lowest BCUT2D eigenvalue weighted by molar-refractivity contribution is -0.0327. The Morgan fingerprint density at radius 3 is 2.85 bits per heavy atom. The van der Waals surface area contributed by atoms with Gasteiger partial charge in [-0.25, -0.2) is 4.98 Å². The van der Waals surface area contributed by atoms with Crippen LogP contribution in [-0.2, 0) is 0 Å². The summed E-state index contributed by atoms with van der Waals surface area (Å²) in [4.78, 5) is 18.3. The van der Waals surface area contributed by atoms with Crippen LogP contribution in [-0.4, -0.2) is 27.8 Å². The number of benzene rings is 1. The molecule has 1 aromatic heterocycles. The number of alkyl halides is 3. The van der Waals surface area contributed by atoms with Crippen molar-refractivity contribution in [3.8, 4) is 0 Å². The molecule has 1 aromatic carbocycles. The van der Waals surface area contributed by atoms with Gasteiger partial charge in [-0.15, -0.1) is 0 Å². The van der Waals surface area contributed by atoms with Crippen molar-refractivity contribution in [2.75, 3.05) is 23.3 Å². The quantitative estimate of drug-likeness (QED) is 0.595. The van der Waals surface area contributed by atoms with E-state index in [2.05, 4.69) is 15.3 Å². The molecule has 5 nitrogen and oxygen atoms in total. The lowest BCUT2D eigenvalue weighted by Crippen LogP contribution is -2.16. The monoisotopic (exact) mass is 304 g/mol. The van der Waals surface area contributed by atoms with Gasteiger partial charge in [-0.3, -0.25) is 9.78 Å². The molecule has 0 bridgehead atoms. The number of nitrogens with two attached hydrogens (primary N) is 1. The largest absolute Gasteiger partial charge is 0.441 e. The molecule has 0 fully saturated rings. The third-order valence-corrected chi connectivity index (χ3v) is 3.13. The van der Waals surface area contributed by atoms with Gasteiger partial charge in [0, 0.05) is 18.0 Å². The van der Waals surface area contributed by atoms with Crippen LogP contribution in [0.5, 0.6) is 0 Å². The predicted octanol–water partition coefficient (Wildman–Crippen LogP) is 2.17. The highest BCUT2D eigenvalue weighted by molar-refractivity contribution is 8.00. The average molecular weight is 304 g/mol. The van der Waals surface area contributed by atoms with E-state index in [1.54, 1.807) is 12.1 Å². The summed E-state index contributed by atoms with van der Waals surface area (Å²) in [6.07, 6.45) is 0. The van der Waals surface area contributed by atoms with Gasteiger partial charge in [0.05, 0.1) is 10.9 Å². The maximum absolute atomic E-state index is 11.9. The summed E-state index contributed by atoms with van der Waals surface area (Å²) in [5.74, 6) is -0.0393. The molecule has 1 heterocycles. The van der Waals surface area contributed by atoms with Crippen LogP contribution < -0.4 is 16.6 Å². The van der Waals surface area contributed by atoms with Crippen LogP contribution in [0.1, 0.15) is 0 Å². The second-order valence-corrected chi connectivity index (χ2v) is 5.07. The third kappa shape index (κ3) is 3.80. The summed E-state index contributed by atoms with van der Waals surface area (Å²) in [5.41, 5.74) is 1.77. The van der Waals surface area contributed by atoms with Gasteiger partial charge in [0.2, 0.25) is 5.95 Å². The fourth-order valence-corrected chi connectivity index (χ4v) is 2.01. The molecule has 0 saturated heterocycles. The van der Waals surface area contributed by atoms with Crippen LogP contribution >= 0.6 is 11.8 Å². The van der Waals surface area contributed by atoms with Crippen molar-refractivity contribution in [3.05, 3.63) is 28.6 Å². The smallest absolute Gasteiger partial charge is 0.399 e. The highest BCUT2D eigenvalue weighted by Crippen LogP contribution is 2.29. The Kier molecular flexibility index (Phi) is 4.07. The van der Waals surface area contributed by atoms with E-state index >= 15 is 0 Å². The molecular weight excluding hydrogens is 293 g/mol. The number of fused-ring (bicyclic) bond motifs is 1. The standard InChI is InChI=1S/C11H11F3N4OS/c12-11(13,14)20-4-3-16-10-17-8-2-1-6(15)5-7(8)9(19)18-10/h1-2,5H,3-4,15H2,(H2,16,17,18,19).